The van der Waals surface area contributed by atoms with E-state index >= 15 is 0 Å². The molecule has 4 aromatic carbocycles. The molecule has 0 spiro atoms. The molecule has 0 aliphatic rings. The Labute approximate surface area is 278 Å². The Morgan fingerprint density at radius 3 is 2.04 bits per heavy atom. The van der Waals surface area contributed by atoms with E-state index in [0.29, 0.717) is 18.0 Å². The van der Waals surface area contributed by atoms with Crippen LogP contribution in [0.15, 0.2) is 108 Å². The molecule has 0 fully saturated rings. The minimum absolute atomic E-state index is 0.0431. The van der Waals surface area contributed by atoms with Gasteiger partial charge in [-0.25, -0.2) is 8.42 Å². The van der Waals surface area contributed by atoms with Crippen LogP contribution >= 0.6 is 0 Å². The summed E-state index contributed by atoms with van der Waals surface area (Å²) < 4.78 is 40.2. The van der Waals surface area contributed by atoms with Crippen LogP contribution < -0.4 is 19.1 Å². The fourth-order valence-electron chi connectivity index (χ4n) is 5.06. The summed E-state index contributed by atoms with van der Waals surface area (Å²) in [5.41, 5.74) is 2.77. The maximum absolute atomic E-state index is 14.6. The van der Waals surface area contributed by atoms with Crippen LogP contribution in [0.2, 0.25) is 0 Å². The van der Waals surface area contributed by atoms with Gasteiger partial charge in [-0.05, 0) is 72.5 Å². The van der Waals surface area contributed by atoms with Crippen molar-refractivity contribution in [3.63, 3.8) is 0 Å². The number of ether oxygens (including phenoxy) is 2. The van der Waals surface area contributed by atoms with E-state index in [-0.39, 0.29) is 35.4 Å². The molecule has 1 atom stereocenters. The average Bonchev–Trinajstić information content (AvgIpc) is 3.08. The van der Waals surface area contributed by atoms with E-state index in [1.807, 2.05) is 63.2 Å². The smallest absolute Gasteiger partial charge is 0.264 e. The summed E-state index contributed by atoms with van der Waals surface area (Å²) in [4.78, 5) is 30.0. The van der Waals surface area contributed by atoms with Gasteiger partial charge in [-0.15, -0.1) is 0 Å². The zero-order chi connectivity index (χ0) is 34.0. The lowest BCUT2D eigenvalue weighted by molar-refractivity contribution is -0.140. The van der Waals surface area contributed by atoms with E-state index in [4.69, 9.17) is 9.47 Å². The Hall–Kier alpha value is -4.83. The van der Waals surface area contributed by atoms with Crippen molar-refractivity contribution in [1.29, 1.82) is 0 Å². The van der Waals surface area contributed by atoms with Crippen LogP contribution in [0, 0.1) is 12.8 Å². The summed E-state index contributed by atoms with van der Waals surface area (Å²) in [5.74, 6) is 0.456. The number of hydrogen-bond donors (Lipinski definition) is 1. The normalized spacial score (nSPS) is 11.9. The van der Waals surface area contributed by atoms with Gasteiger partial charge in [0.2, 0.25) is 11.8 Å². The van der Waals surface area contributed by atoms with Gasteiger partial charge in [0.05, 0.1) is 24.8 Å². The lowest BCUT2D eigenvalue weighted by atomic mass is 10.0. The number of methoxy groups -OCH3 is 2. The fraction of sp³-hybridized carbons (Fsp3) is 0.297. The molecule has 0 radical (unpaired) electrons. The summed E-state index contributed by atoms with van der Waals surface area (Å²) in [6.07, 6.45) is 0.230. The molecular formula is C37H43N3O6S. The van der Waals surface area contributed by atoms with Crippen molar-refractivity contribution in [1.82, 2.24) is 10.2 Å². The van der Waals surface area contributed by atoms with E-state index in [1.54, 1.807) is 55.6 Å². The summed E-state index contributed by atoms with van der Waals surface area (Å²) in [6.45, 7) is 5.78. The molecule has 248 valence electrons. The molecule has 47 heavy (non-hydrogen) atoms. The van der Waals surface area contributed by atoms with Crippen molar-refractivity contribution in [2.45, 2.75) is 44.7 Å². The number of benzene rings is 4. The first-order chi connectivity index (χ1) is 22.5. The molecule has 4 aromatic rings. The van der Waals surface area contributed by atoms with Gasteiger partial charge in [-0.3, -0.25) is 13.9 Å². The molecule has 10 heteroatoms. The SMILES string of the molecule is COc1ccc(N(CC(=O)N(Cc2cccc(OC)c2)C(Cc2ccccc2)C(=O)NCC(C)C)S(=O)(=O)c2ccc(C)cc2)cc1. The van der Waals surface area contributed by atoms with Gasteiger partial charge in [0, 0.05) is 19.5 Å². The highest BCUT2D eigenvalue weighted by Crippen LogP contribution is 2.27. The van der Waals surface area contributed by atoms with Crippen LogP contribution in [0.3, 0.4) is 0 Å². The molecule has 0 aromatic heterocycles. The van der Waals surface area contributed by atoms with Gasteiger partial charge in [0.1, 0.15) is 24.1 Å². The standard InChI is InChI=1S/C37H43N3O6S/c1-27(2)24-38-37(42)35(23-29-10-7-6-8-11-29)39(25-30-12-9-13-33(22-30)46-5)36(41)26-40(31-16-18-32(45-4)19-17-31)47(43,44)34-20-14-28(3)15-21-34/h6-22,27,35H,23-26H2,1-5H3,(H,38,42). The number of rotatable bonds is 15. The number of hydrogen-bond acceptors (Lipinski definition) is 6. The van der Waals surface area contributed by atoms with Crippen molar-refractivity contribution >= 4 is 27.5 Å². The summed E-state index contributed by atoms with van der Waals surface area (Å²) >= 11 is 0. The minimum atomic E-state index is -4.20. The molecule has 1 unspecified atom stereocenters. The quantitative estimate of drug-likeness (QED) is 0.178. The van der Waals surface area contributed by atoms with E-state index < -0.39 is 28.5 Å². The first kappa shape index (κ1) is 35.0. The van der Waals surface area contributed by atoms with E-state index in [2.05, 4.69) is 5.32 Å². The highest BCUT2D eigenvalue weighted by molar-refractivity contribution is 7.92. The van der Waals surface area contributed by atoms with Crippen molar-refractivity contribution in [2.24, 2.45) is 5.92 Å². The van der Waals surface area contributed by atoms with Gasteiger partial charge in [0.25, 0.3) is 10.0 Å². The van der Waals surface area contributed by atoms with Crippen molar-refractivity contribution in [3.05, 3.63) is 120 Å². The van der Waals surface area contributed by atoms with Gasteiger partial charge < -0.3 is 19.7 Å². The number of anilines is 1. The second kappa shape index (κ2) is 16.1. The molecule has 2 amide bonds. The predicted molar refractivity (Wildman–Crippen MR) is 184 cm³/mol. The second-order valence-electron chi connectivity index (χ2n) is 11.7. The number of carbonyl (C=O) groups excluding carboxylic acids is 2. The third-order valence-electron chi connectivity index (χ3n) is 7.69. The molecule has 0 bridgehead atoms. The van der Waals surface area contributed by atoms with Crippen LogP contribution in [0.4, 0.5) is 5.69 Å². The van der Waals surface area contributed by atoms with Crippen molar-refractivity contribution < 1.29 is 27.5 Å². The Kier molecular flexibility index (Phi) is 12.0. The first-order valence-electron chi connectivity index (χ1n) is 15.5. The van der Waals surface area contributed by atoms with Gasteiger partial charge in [-0.2, -0.15) is 0 Å². The van der Waals surface area contributed by atoms with Crippen molar-refractivity contribution in [2.75, 3.05) is 31.6 Å². The highest BCUT2D eigenvalue weighted by atomic mass is 32.2. The Morgan fingerprint density at radius 1 is 0.787 bits per heavy atom. The largest absolute Gasteiger partial charge is 0.497 e. The van der Waals surface area contributed by atoms with Crippen LogP contribution in [-0.2, 0) is 32.6 Å². The maximum atomic E-state index is 14.6. The molecule has 1 N–H and O–H groups in total. The number of sulfonamides is 1. The lowest BCUT2D eigenvalue weighted by Gasteiger charge is -2.34. The van der Waals surface area contributed by atoms with E-state index in [9.17, 15) is 18.0 Å². The Bertz CT molecular complexity index is 1730. The van der Waals surface area contributed by atoms with Crippen molar-refractivity contribution in [3.8, 4) is 11.5 Å². The summed E-state index contributed by atoms with van der Waals surface area (Å²) in [5, 5.41) is 3.00. The second-order valence-corrected chi connectivity index (χ2v) is 13.6. The molecule has 0 aliphatic carbocycles. The van der Waals surface area contributed by atoms with E-state index in [0.717, 1.165) is 21.0 Å². The maximum Gasteiger partial charge on any atom is 0.264 e. The van der Waals surface area contributed by atoms with E-state index in [1.165, 1.54) is 24.1 Å². The lowest BCUT2D eigenvalue weighted by Crippen LogP contribution is -2.53. The van der Waals surface area contributed by atoms with Crippen LogP contribution in [0.25, 0.3) is 0 Å². The average molecular weight is 658 g/mol. The number of aryl methyl sites for hydroxylation is 1. The zero-order valence-corrected chi connectivity index (χ0v) is 28.4. The third kappa shape index (κ3) is 9.36. The highest BCUT2D eigenvalue weighted by Gasteiger charge is 2.34. The molecule has 9 nitrogen and oxygen atoms in total. The number of nitrogens with one attached hydrogen (secondary N) is 1. The van der Waals surface area contributed by atoms with Gasteiger partial charge >= 0.3 is 0 Å². The summed E-state index contributed by atoms with van der Waals surface area (Å²) in [6, 6.07) is 28.7. The number of nitrogens with zero attached hydrogens (tertiary/aromatic N) is 2. The van der Waals surface area contributed by atoms with Crippen LogP contribution in [0.1, 0.15) is 30.5 Å². The number of amides is 2. The summed E-state index contributed by atoms with van der Waals surface area (Å²) in [7, 11) is -1.13. The molecule has 0 saturated carbocycles. The molecule has 0 saturated heterocycles. The molecular weight excluding hydrogens is 614 g/mol. The third-order valence-corrected chi connectivity index (χ3v) is 9.48. The Morgan fingerprint density at radius 2 is 1.43 bits per heavy atom. The number of carbonyl (C=O) groups is 2. The predicted octanol–water partition coefficient (Wildman–Crippen LogP) is 5.62. The van der Waals surface area contributed by atoms with Gasteiger partial charge in [0.15, 0.2) is 0 Å². The fourth-order valence-corrected chi connectivity index (χ4v) is 6.47. The first-order valence-corrected chi connectivity index (χ1v) is 16.9. The minimum Gasteiger partial charge on any atom is -0.497 e. The molecule has 0 heterocycles. The topological polar surface area (TPSA) is 105 Å². The Balaban J connectivity index is 1.81. The van der Waals surface area contributed by atoms with Gasteiger partial charge in [-0.1, -0.05) is 74.0 Å². The monoisotopic (exact) mass is 657 g/mol. The molecule has 4 rings (SSSR count). The van der Waals surface area contributed by atoms with Crippen LogP contribution in [0.5, 0.6) is 11.5 Å². The molecule has 0 aliphatic heterocycles. The van der Waals surface area contributed by atoms with Crippen LogP contribution in [-0.4, -0.2) is 58.5 Å². The zero-order valence-electron chi connectivity index (χ0n) is 27.6.